The molecule has 1 aliphatic rings. The number of carbonyl (C=O) groups is 3. The highest BCUT2D eigenvalue weighted by Gasteiger charge is 2.58. The highest BCUT2D eigenvalue weighted by molar-refractivity contribution is 5.88. The Morgan fingerprint density at radius 2 is 1.37 bits per heavy atom. The van der Waals surface area contributed by atoms with Crippen LogP contribution in [0.25, 0.3) is 12.2 Å². The zero-order valence-corrected chi connectivity index (χ0v) is 20.0. The lowest BCUT2D eigenvalue weighted by Gasteiger charge is -2.46. The summed E-state index contributed by atoms with van der Waals surface area (Å²) in [6.07, 6.45) is -0.427. The van der Waals surface area contributed by atoms with Crippen LogP contribution in [-0.4, -0.2) is 77.1 Å². The lowest BCUT2D eigenvalue weighted by molar-refractivity contribution is -0.227. The van der Waals surface area contributed by atoms with E-state index in [1.165, 1.54) is 55.5 Å². The van der Waals surface area contributed by atoms with Crippen molar-refractivity contribution < 1.29 is 59.6 Å². The van der Waals surface area contributed by atoms with Crippen LogP contribution in [0, 0.1) is 0 Å². The molecule has 0 spiro atoms. The monoisotopic (exact) mass is 530 g/mol. The smallest absolute Gasteiger partial charge is 0.335 e. The molecule has 1 fully saturated rings. The van der Waals surface area contributed by atoms with Crippen molar-refractivity contribution in [1.29, 1.82) is 0 Å². The zero-order chi connectivity index (χ0) is 28.3. The number of rotatable bonds is 7. The van der Waals surface area contributed by atoms with Crippen molar-refractivity contribution in [3.8, 4) is 23.0 Å². The Bertz CT molecular complexity index is 1300. The van der Waals surface area contributed by atoms with Gasteiger partial charge in [0.1, 0.15) is 17.8 Å². The first-order valence-corrected chi connectivity index (χ1v) is 11.2. The second kappa shape index (κ2) is 10.8. The Labute approximate surface area is 215 Å². The molecule has 38 heavy (non-hydrogen) atoms. The molecule has 3 rings (SSSR count). The van der Waals surface area contributed by atoms with E-state index in [1.807, 2.05) is 0 Å². The van der Waals surface area contributed by atoms with Gasteiger partial charge in [0.15, 0.2) is 28.6 Å². The molecule has 0 amide bonds. The molecule has 2 aromatic carbocycles. The number of carboxylic acid groups (broad SMARTS) is 1. The normalized spacial score (nSPS) is 25.3. The summed E-state index contributed by atoms with van der Waals surface area (Å²) in [5.41, 5.74) is -3.88. The average molecular weight is 530 g/mol. The van der Waals surface area contributed by atoms with Gasteiger partial charge in [0.25, 0.3) is 0 Å². The first kappa shape index (κ1) is 28.0. The number of aromatic hydroxyl groups is 4. The number of aliphatic carboxylic acids is 1. The number of esters is 2. The maximum Gasteiger partial charge on any atom is 0.335 e. The molecule has 1 saturated carbocycles. The first-order chi connectivity index (χ1) is 17.7. The van der Waals surface area contributed by atoms with E-state index in [2.05, 4.69) is 0 Å². The van der Waals surface area contributed by atoms with E-state index < -0.39 is 65.7 Å². The van der Waals surface area contributed by atoms with Gasteiger partial charge in [0.2, 0.25) is 0 Å². The van der Waals surface area contributed by atoms with E-state index in [4.69, 9.17) is 9.47 Å². The van der Waals surface area contributed by atoms with E-state index in [1.54, 1.807) is 0 Å². The second-order valence-corrected chi connectivity index (χ2v) is 9.03. The molecule has 0 aliphatic heterocycles. The van der Waals surface area contributed by atoms with Gasteiger partial charge in [-0.05, 0) is 54.5 Å². The van der Waals surface area contributed by atoms with Gasteiger partial charge in [-0.15, -0.1) is 0 Å². The number of benzene rings is 2. The number of hydrogen-bond acceptors (Lipinski definition) is 11. The highest BCUT2D eigenvalue weighted by Crippen LogP contribution is 2.40. The van der Waals surface area contributed by atoms with Crippen LogP contribution in [0.5, 0.6) is 23.0 Å². The molecule has 7 N–H and O–H groups in total. The van der Waals surface area contributed by atoms with Crippen LogP contribution in [-0.2, 0) is 23.9 Å². The Morgan fingerprint density at radius 1 is 0.868 bits per heavy atom. The fraction of sp³-hybridized carbons (Fsp3) is 0.269. The largest absolute Gasteiger partial charge is 0.504 e. The molecule has 4 atom stereocenters. The fourth-order valence-corrected chi connectivity index (χ4v) is 4.03. The van der Waals surface area contributed by atoms with Crippen molar-refractivity contribution in [2.24, 2.45) is 0 Å². The number of carbonyl (C=O) groups excluding carboxylic acids is 2. The van der Waals surface area contributed by atoms with E-state index >= 15 is 0 Å². The van der Waals surface area contributed by atoms with Crippen LogP contribution in [0.15, 0.2) is 48.6 Å². The van der Waals surface area contributed by atoms with Crippen LogP contribution in [0.1, 0.15) is 30.9 Å². The lowest BCUT2D eigenvalue weighted by atomic mass is 9.72. The van der Waals surface area contributed by atoms with Crippen molar-refractivity contribution in [1.82, 2.24) is 0 Å². The molecule has 0 bridgehead atoms. The van der Waals surface area contributed by atoms with Gasteiger partial charge >= 0.3 is 17.9 Å². The van der Waals surface area contributed by atoms with Crippen LogP contribution in [0.2, 0.25) is 0 Å². The fourth-order valence-electron chi connectivity index (χ4n) is 4.03. The summed E-state index contributed by atoms with van der Waals surface area (Å²) in [7, 11) is 0. The number of aliphatic hydroxyl groups is 2. The average Bonchev–Trinajstić information content (AvgIpc) is 2.83. The molecule has 12 heteroatoms. The van der Waals surface area contributed by atoms with Crippen molar-refractivity contribution in [3.63, 3.8) is 0 Å². The maximum absolute atomic E-state index is 12.5. The SMILES string of the molecule is CC1(OC(=O)C=Cc2ccc(O)c(O)c2)CC(O)(C(=O)O)CC(OC(=O)C=Cc2ccc(O)c(O)c2)C1O. The Balaban J connectivity index is 1.77. The van der Waals surface area contributed by atoms with Gasteiger partial charge in [0.05, 0.1) is 0 Å². The summed E-state index contributed by atoms with van der Waals surface area (Å²) < 4.78 is 10.5. The Hall–Kier alpha value is -4.55. The van der Waals surface area contributed by atoms with Crippen molar-refractivity contribution in [2.45, 2.75) is 43.2 Å². The quantitative estimate of drug-likeness (QED) is 0.154. The Kier molecular flexibility index (Phi) is 7.98. The van der Waals surface area contributed by atoms with Crippen LogP contribution in [0.4, 0.5) is 0 Å². The highest BCUT2D eigenvalue weighted by atomic mass is 16.6. The number of phenolic OH excluding ortho intramolecular Hbond substituents is 4. The Morgan fingerprint density at radius 3 is 1.84 bits per heavy atom. The molecular formula is C26H26O12. The topological polar surface area (TPSA) is 211 Å². The van der Waals surface area contributed by atoms with Gasteiger partial charge in [-0.2, -0.15) is 0 Å². The van der Waals surface area contributed by atoms with Gasteiger partial charge in [0, 0.05) is 25.0 Å². The standard InChI is InChI=1S/C26H26O12/c1-25(38-22(32)9-5-15-3-7-17(28)19(30)11-15)13-26(36,24(34)35)12-20(23(25)33)37-21(31)8-4-14-2-6-16(27)18(29)10-14/h2-11,20,23,27-30,33,36H,12-13H2,1H3,(H,34,35). The number of phenols is 4. The summed E-state index contributed by atoms with van der Waals surface area (Å²) in [6.45, 7) is 1.18. The summed E-state index contributed by atoms with van der Waals surface area (Å²) in [5.74, 6) is -5.34. The molecule has 12 nitrogen and oxygen atoms in total. The van der Waals surface area contributed by atoms with Gasteiger partial charge in [-0.1, -0.05) is 12.1 Å². The van der Waals surface area contributed by atoms with E-state index in [-0.39, 0.29) is 11.5 Å². The number of aliphatic hydroxyl groups excluding tert-OH is 1. The minimum absolute atomic E-state index is 0.314. The number of hydrogen-bond donors (Lipinski definition) is 7. The second-order valence-electron chi connectivity index (χ2n) is 9.03. The molecule has 0 aromatic heterocycles. The van der Waals surface area contributed by atoms with Crippen molar-refractivity contribution in [2.75, 3.05) is 0 Å². The molecule has 1 aliphatic carbocycles. The minimum Gasteiger partial charge on any atom is -0.504 e. The molecule has 0 saturated heterocycles. The summed E-state index contributed by atoms with van der Waals surface area (Å²) in [5, 5.41) is 69.0. The number of carboxylic acids is 1. The lowest BCUT2D eigenvalue weighted by Crippen LogP contribution is -2.63. The molecule has 0 heterocycles. The molecule has 2 aromatic rings. The van der Waals surface area contributed by atoms with Crippen molar-refractivity contribution in [3.05, 3.63) is 59.7 Å². The molecular weight excluding hydrogens is 504 g/mol. The zero-order valence-electron chi connectivity index (χ0n) is 20.0. The van der Waals surface area contributed by atoms with Gasteiger partial charge in [-0.25, -0.2) is 14.4 Å². The first-order valence-electron chi connectivity index (χ1n) is 11.2. The summed E-state index contributed by atoms with van der Waals surface area (Å²) in [6, 6.07) is 7.50. The minimum atomic E-state index is -2.52. The summed E-state index contributed by atoms with van der Waals surface area (Å²) in [4.78, 5) is 36.7. The van der Waals surface area contributed by atoms with Crippen LogP contribution in [0.3, 0.4) is 0 Å². The number of ether oxygens (including phenoxy) is 2. The maximum atomic E-state index is 12.5. The van der Waals surface area contributed by atoms with Gasteiger partial charge < -0.3 is 45.2 Å². The van der Waals surface area contributed by atoms with Crippen molar-refractivity contribution >= 4 is 30.1 Å². The van der Waals surface area contributed by atoms with E-state index in [0.29, 0.717) is 11.1 Å². The van der Waals surface area contributed by atoms with Gasteiger partial charge in [-0.3, -0.25) is 0 Å². The predicted octanol–water partition coefficient (Wildman–Crippen LogP) is 1.42. The van der Waals surface area contributed by atoms with E-state index in [0.717, 1.165) is 12.2 Å². The third-order valence-electron chi connectivity index (χ3n) is 5.98. The third-order valence-corrected chi connectivity index (χ3v) is 5.98. The van der Waals surface area contributed by atoms with Crippen LogP contribution < -0.4 is 0 Å². The summed E-state index contributed by atoms with van der Waals surface area (Å²) >= 11 is 0. The molecule has 0 radical (unpaired) electrons. The molecule has 202 valence electrons. The molecule has 4 unspecified atom stereocenters. The third kappa shape index (κ3) is 6.41. The predicted molar refractivity (Wildman–Crippen MR) is 130 cm³/mol. The van der Waals surface area contributed by atoms with Crippen LogP contribution >= 0.6 is 0 Å². The van der Waals surface area contributed by atoms with E-state index in [9.17, 15) is 50.1 Å².